The summed E-state index contributed by atoms with van der Waals surface area (Å²) in [5, 5.41) is 5.33. The maximum atomic E-state index is 12.2. The van der Waals surface area contributed by atoms with E-state index < -0.39 is 30.6 Å². The molecule has 0 aliphatic carbocycles. The number of carbonyl (C=O) groups excluding carboxylic acids is 2. The van der Waals surface area contributed by atoms with Crippen LogP contribution in [0.15, 0.2) is 48.5 Å². The van der Waals surface area contributed by atoms with Crippen molar-refractivity contribution in [3.05, 3.63) is 59.1 Å². The summed E-state index contributed by atoms with van der Waals surface area (Å²) in [5.41, 5.74) is 0.586. The van der Waals surface area contributed by atoms with E-state index in [0.717, 1.165) is 0 Å². The first-order chi connectivity index (χ1) is 12.7. The summed E-state index contributed by atoms with van der Waals surface area (Å²) in [6.45, 7) is 0.0920. The number of rotatable bonds is 6. The number of hydrogen-bond acceptors (Lipinski definition) is 3. The zero-order valence-corrected chi connectivity index (χ0v) is 14.9. The quantitative estimate of drug-likeness (QED) is 0.769. The van der Waals surface area contributed by atoms with Crippen LogP contribution in [0, 0.1) is 0 Å². The second-order valence-corrected chi connectivity index (χ2v) is 6.00. The van der Waals surface area contributed by atoms with E-state index in [2.05, 4.69) is 15.4 Å². The molecule has 0 fully saturated rings. The van der Waals surface area contributed by atoms with E-state index in [1.54, 1.807) is 18.2 Å². The molecule has 1 atom stereocenters. The zero-order valence-electron chi connectivity index (χ0n) is 14.1. The van der Waals surface area contributed by atoms with Crippen molar-refractivity contribution in [2.75, 3.05) is 11.9 Å². The molecule has 0 radical (unpaired) electrons. The number of nitrogens with one attached hydrogen (secondary N) is 2. The largest absolute Gasteiger partial charge is 0.484 e. The molecule has 1 unspecified atom stereocenters. The van der Waals surface area contributed by atoms with E-state index >= 15 is 0 Å². The van der Waals surface area contributed by atoms with Crippen LogP contribution in [0.3, 0.4) is 0 Å². The van der Waals surface area contributed by atoms with Crippen molar-refractivity contribution in [1.82, 2.24) is 5.32 Å². The van der Waals surface area contributed by atoms with Crippen molar-refractivity contribution < 1.29 is 27.5 Å². The second kappa shape index (κ2) is 8.77. The van der Waals surface area contributed by atoms with Crippen LogP contribution in [0.2, 0.25) is 5.02 Å². The molecule has 0 bridgehead atoms. The van der Waals surface area contributed by atoms with E-state index in [-0.39, 0.29) is 16.3 Å². The van der Waals surface area contributed by atoms with Gasteiger partial charge in [-0.1, -0.05) is 23.7 Å². The van der Waals surface area contributed by atoms with Gasteiger partial charge in [0, 0.05) is 5.69 Å². The Balaban J connectivity index is 1.90. The average molecular weight is 401 g/mol. The normalized spacial score (nSPS) is 12.2. The highest BCUT2D eigenvalue weighted by atomic mass is 35.5. The fourth-order valence-corrected chi connectivity index (χ4v) is 2.26. The summed E-state index contributed by atoms with van der Waals surface area (Å²) in [6.07, 6.45) is -4.43. The number of anilines is 1. The van der Waals surface area contributed by atoms with Gasteiger partial charge in [-0.3, -0.25) is 9.59 Å². The van der Waals surface area contributed by atoms with Crippen LogP contribution in [-0.2, 0) is 4.79 Å². The summed E-state index contributed by atoms with van der Waals surface area (Å²) in [7, 11) is 0. The van der Waals surface area contributed by atoms with Gasteiger partial charge < -0.3 is 15.4 Å². The number of amides is 2. The SMILES string of the molecule is CC(NC(=O)c1ccccc1Cl)C(=O)Nc1ccc(OCC(F)(F)F)cc1. The molecule has 9 heteroatoms. The Morgan fingerprint density at radius 1 is 1.11 bits per heavy atom. The number of carbonyl (C=O) groups is 2. The average Bonchev–Trinajstić information content (AvgIpc) is 2.60. The van der Waals surface area contributed by atoms with Crippen LogP contribution in [0.4, 0.5) is 18.9 Å². The topological polar surface area (TPSA) is 67.4 Å². The zero-order chi connectivity index (χ0) is 20.0. The lowest BCUT2D eigenvalue weighted by molar-refractivity contribution is -0.153. The fraction of sp³-hybridized carbons (Fsp3) is 0.222. The van der Waals surface area contributed by atoms with Crippen LogP contribution in [-0.4, -0.2) is 30.6 Å². The third kappa shape index (κ3) is 6.49. The predicted molar refractivity (Wildman–Crippen MR) is 95.0 cm³/mol. The first-order valence-electron chi connectivity index (χ1n) is 7.81. The minimum Gasteiger partial charge on any atom is -0.484 e. The lowest BCUT2D eigenvalue weighted by atomic mass is 10.2. The molecule has 0 aliphatic rings. The third-order valence-corrected chi connectivity index (χ3v) is 3.71. The van der Waals surface area contributed by atoms with Gasteiger partial charge in [-0.05, 0) is 43.3 Å². The van der Waals surface area contributed by atoms with Gasteiger partial charge in [-0.25, -0.2) is 0 Å². The van der Waals surface area contributed by atoms with E-state index in [9.17, 15) is 22.8 Å². The monoisotopic (exact) mass is 400 g/mol. The summed E-state index contributed by atoms with van der Waals surface area (Å²) in [6, 6.07) is 10.9. The Morgan fingerprint density at radius 3 is 2.33 bits per heavy atom. The second-order valence-electron chi connectivity index (χ2n) is 5.59. The standard InChI is InChI=1S/C18H16ClF3N2O3/c1-11(23-17(26)14-4-2-3-5-15(14)19)16(25)24-12-6-8-13(9-7-12)27-10-18(20,21)22/h2-9,11H,10H2,1H3,(H,23,26)(H,24,25). The molecule has 27 heavy (non-hydrogen) atoms. The highest BCUT2D eigenvalue weighted by Crippen LogP contribution is 2.20. The van der Waals surface area contributed by atoms with Gasteiger partial charge >= 0.3 is 6.18 Å². The van der Waals surface area contributed by atoms with Crippen molar-refractivity contribution in [2.45, 2.75) is 19.1 Å². The summed E-state index contributed by atoms with van der Waals surface area (Å²) in [5.74, 6) is -0.982. The molecule has 0 heterocycles. The summed E-state index contributed by atoms with van der Waals surface area (Å²) < 4.78 is 40.9. The Morgan fingerprint density at radius 2 is 1.74 bits per heavy atom. The van der Waals surface area contributed by atoms with Crippen molar-refractivity contribution in [2.24, 2.45) is 0 Å². The molecular formula is C18H16ClF3N2O3. The Hall–Kier alpha value is -2.74. The van der Waals surface area contributed by atoms with Gasteiger partial charge in [0.05, 0.1) is 10.6 Å². The Labute approximate surface area is 158 Å². The highest BCUT2D eigenvalue weighted by molar-refractivity contribution is 6.33. The Bertz CT molecular complexity index is 810. The molecule has 0 spiro atoms. The van der Waals surface area contributed by atoms with Gasteiger partial charge in [0.1, 0.15) is 11.8 Å². The molecule has 2 aromatic carbocycles. The molecule has 2 N–H and O–H groups in total. The molecule has 2 rings (SSSR count). The van der Waals surface area contributed by atoms with E-state index in [1.807, 2.05) is 0 Å². The number of hydrogen-bond donors (Lipinski definition) is 2. The number of alkyl halides is 3. The van der Waals surface area contributed by atoms with Crippen LogP contribution in [0.25, 0.3) is 0 Å². The molecule has 5 nitrogen and oxygen atoms in total. The maximum absolute atomic E-state index is 12.2. The molecule has 144 valence electrons. The van der Waals surface area contributed by atoms with Crippen molar-refractivity contribution in [3.8, 4) is 5.75 Å². The number of benzene rings is 2. The minimum atomic E-state index is -4.43. The maximum Gasteiger partial charge on any atom is 0.422 e. The predicted octanol–water partition coefficient (Wildman–Crippen LogP) is 4.04. The van der Waals surface area contributed by atoms with Crippen LogP contribution < -0.4 is 15.4 Å². The molecule has 2 aromatic rings. The molecule has 0 saturated carbocycles. The van der Waals surface area contributed by atoms with Crippen LogP contribution >= 0.6 is 11.6 Å². The van der Waals surface area contributed by atoms with Gasteiger partial charge in [0.25, 0.3) is 5.91 Å². The first-order valence-corrected chi connectivity index (χ1v) is 8.19. The van der Waals surface area contributed by atoms with Gasteiger partial charge in [0.15, 0.2) is 6.61 Å². The third-order valence-electron chi connectivity index (χ3n) is 3.38. The Kier molecular flexibility index (Phi) is 6.68. The molecule has 0 aromatic heterocycles. The highest BCUT2D eigenvalue weighted by Gasteiger charge is 2.28. The van der Waals surface area contributed by atoms with Gasteiger partial charge in [-0.15, -0.1) is 0 Å². The van der Waals surface area contributed by atoms with Crippen LogP contribution in [0.5, 0.6) is 5.75 Å². The van der Waals surface area contributed by atoms with Crippen molar-refractivity contribution in [3.63, 3.8) is 0 Å². The van der Waals surface area contributed by atoms with Crippen LogP contribution in [0.1, 0.15) is 17.3 Å². The van der Waals surface area contributed by atoms with E-state index in [0.29, 0.717) is 5.69 Å². The molecular weight excluding hydrogens is 385 g/mol. The molecule has 2 amide bonds. The van der Waals surface area contributed by atoms with E-state index in [4.69, 9.17) is 11.6 Å². The molecule has 0 aliphatic heterocycles. The lowest BCUT2D eigenvalue weighted by Gasteiger charge is -2.15. The summed E-state index contributed by atoms with van der Waals surface area (Å²) in [4.78, 5) is 24.3. The lowest BCUT2D eigenvalue weighted by Crippen LogP contribution is -2.41. The smallest absolute Gasteiger partial charge is 0.422 e. The molecule has 0 saturated heterocycles. The minimum absolute atomic E-state index is 0.0189. The van der Waals surface area contributed by atoms with Gasteiger partial charge in [-0.2, -0.15) is 13.2 Å². The fourth-order valence-electron chi connectivity index (χ4n) is 2.04. The van der Waals surface area contributed by atoms with Crippen molar-refractivity contribution >= 4 is 29.1 Å². The number of ether oxygens (including phenoxy) is 1. The van der Waals surface area contributed by atoms with Crippen molar-refractivity contribution in [1.29, 1.82) is 0 Å². The van der Waals surface area contributed by atoms with E-state index in [1.165, 1.54) is 37.3 Å². The van der Waals surface area contributed by atoms with Gasteiger partial charge in [0.2, 0.25) is 5.91 Å². The summed E-state index contributed by atoms with van der Waals surface area (Å²) >= 11 is 5.94. The first kappa shape index (κ1) is 20.6. The number of halogens is 4.